The van der Waals surface area contributed by atoms with Crippen LogP contribution < -0.4 is 0 Å². The third kappa shape index (κ3) is 2.62. The number of Topliss-reactive ketones (excluding diaryl/α,β-unsaturated/α-hetero) is 1. The molecule has 0 saturated heterocycles. The molecule has 6 heteroatoms. The van der Waals surface area contributed by atoms with Gasteiger partial charge in [0.05, 0.1) is 23.3 Å². The van der Waals surface area contributed by atoms with Gasteiger partial charge in [-0.3, -0.25) is 4.79 Å². The lowest BCUT2D eigenvalue weighted by molar-refractivity contribution is 0.0526. The number of aliphatic hydroxyl groups excluding tert-OH is 1. The number of rotatable bonds is 3. The summed E-state index contributed by atoms with van der Waals surface area (Å²) < 4.78 is 4.95. The first kappa shape index (κ1) is 16.8. The molecule has 1 aliphatic rings. The number of aliphatic hydroxyl groups is 1. The van der Waals surface area contributed by atoms with Crippen LogP contribution in [0, 0.1) is 0 Å². The Labute approximate surface area is 154 Å². The summed E-state index contributed by atoms with van der Waals surface area (Å²) in [5.74, 6) is -1.53. The van der Waals surface area contributed by atoms with Crippen molar-refractivity contribution >= 4 is 34.0 Å². The Balaban J connectivity index is 1.87. The lowest BCUT2D eigenvalue weighted by atomic mass is 10.0. The number of benzene rings is 2. The van der Waals surface area contributed by atoms with Gasteiger partial charge in [0.25, 0.3) is 0 Å². The van der Waals surface area contributed by atoms with E-state index in [1.54, 1.807) is 25.1 Å². The van der Waals surface area contributed by atoms with E-state index >= 15 is 0 Å². The number of hydrogen-bond acceptors (Lipinski definition) is 6. The van der Waals surface area contributed by atoms with Crippen LogP contribution in [0.2, 0.25) is 0 Å². The quantitative estimate of drug-likeness (QED) is 0.690. The predicted octanol–water partition coefficient (Wildman–Crippen LogP) is 3.74. The standard InChI is InChI=1S/C21H15NO5/c1-2-27-21(26)12-7-8-13-14(9-12)20(25)17(19(13)24)18-16(23)10-11-5-3-4-6-15(11)22-18/h3-10,23,25H,2H2,1H3. The van der Waals surface area contributed by atoms with Crippen molar-refractivity contribution in [2.45, 2.75) is 6.92 Å². The number of carbonyl (C=O) groups excluding carboxylic acids is 2. The third-order valence-electron chi connectivity index (χ3n) is 4.43. The lowest BCUT2D eigenvalue weighted by Gasteiger charge is -2.06. The van der Waals surface area contributed by atoms with Gasteiger partial charge in [-0.1, -0.05) is 18.2 Å². The third-order valence-corrected chi connectivity index (χ3v) is 4.43. The van der Waals surface area contributed by atoms with Crippen molar-refractivity contribution in [3.8, 4) is 5.75 Å². The molecule has 2 aromatic carbocycles. The van der Waals surface area contributed by atoms with Gasteiger partial charge in [-0.05, 0) is 37.3 Å². The number of para-hydroxylation sites is 1. The Morgan fingerprint density at radius 2 is 1.85 bits per heavy atom. The van der Waals surface area contributed by atoms with E-state index in [4.69, 9.17) is 4.74 Å². The number of esters is 1. The van der Waals surface area contributed by atoms with E-state index in [0.29, 0.717) is 10.9 Å². The maximum atomic E-state index is 12.8. The van der Waals surface area contributed by atoms with Gasteiger partial charge in [-0.2, -0.15) is 0 Å². The summed E-state index contributed by atoms with van der Waals surface area (Å²) in [6, 6.07) is 13.0. The second-order valence-corrected chi connectivity index (χ2v) is 6.08. The average molecular weight is 361 g/mol. The first-order valence-electron chi connectivity index (χ1n) is 8.40. The number of allylic oxidation sites excluding steroid dienone is 1. The molecule has 1 aromatic heterocycles. The van der Waals surface area contributed by atoms with Gasteiger partial charge in [-0.25, -0.2) is 9.78 Å². The molecule has 4 rings (SSSR count). The van der Waals surface area contributed by atoms with E-state index < -0.39 is 11.8 Å². The molecule has 1 aliphatic carbocycles. The molecule has 0 fully saturated rings. The smallest absolute Gasteiger partial charge is 0.338 e. The van der Waals surface area contributed by atoms with Crippen LogP contribution in [-0.4, -0.2) is 33.6 Å². The molecule has 1 heterocycles. The fraction of sp³-hybridized carbons (Fsp3) is 0.0952. The summed E-state index contributed by atoms with van der Waals surface area (Å²) in [5, 5.41) is 21.7. The topological polar surface area (TPSA) is 96.7 Å². The second-order valence-electron chi connectivity index (χ2n) is 6.08. The fourth-order valence-corrected chi connectivity index (χ4v) is 3.16. The molecule has 0 saturated carbocycles. The van der Waals surface area contributed by atoms with Crippen molar-refractivity contribution < 1.29 is 24.5 Å². The Hall–Kier alpha value is -3.67. The molecule has 0 aliphatic heterocycles. The van der Waals surface area contributed by atoms with E-state index in [1.165, 1.54) is 24.3 Å². The van der Waals surface area contributed by atoms with Crippen LogP contribution in [0.4, 0.5) is 0 Å². The fourth-order valence-electron chi connectivity index (χ4n) is 3.16. The molecule has 2 N–H and O–H groups in total. The van der Waals surface area contributed by atoms with Gasteiger partial charge in [0.1, 0.15) is 17.2 Å². The number of hydrogen-bond donors (Lipinski definition) is 2. The van der Waals surface area contributed by atoms with Gasteiger partial charge >= 0.3 is 5.97 Å². The molecule has 0 unspecified atom stereocenters. The minimum absolute atomic E-state index is 0.00471. The summed E-state index contributed by atoms with van der Waals surface area (Å²) >= 11 is 0. The molecular weight excluding hydrogens is 346 g/mol. The number of nitrogens with zero attached hydrogens (tertiary/aromatic N) is 1. The van der Waals surface area contributed by atoms with Crippen LogP contribution in [0.1, 0.15) is 38.9 Å². The first-order chi connectivity index (χ1) is 13.0. The predicted molar refractivity (Wildman–Crippen MR) is 99.6 cm³/mol. The van der Waals surface area contributed by atoms with Gasteiger partial charge in [0.2, 0.25) is 0 Å². The highest BCUT2D eigenvalue weighted by atomic mass is 16.5. The van der Waals surface area contributed by atoms with Gasteiger partial charge < -0.3 is 14.9 Å². The number of aromatic hydroxyl groups is 1. The Kier molecular flexibility index (Phi) is 3.88. The van der Waals surface area contributed by atoms with E-state index in [-0.39, 0.29) is 46.1 Å². The Morgan fingerprint density at radius 3 is 2.63 bits per heavy atom. The first-order valence-corrected chi connectivity index (χ1v) is 8.40. The summed E-state index contributed by atoms with van der Waals surface area (Å²) in [4.78, 5) is 29.1. The summed E-state index contributed by atoms with van der Waals surface area (Å²) in [6.07, 6.45) is 0. The van der Waals surface area contributed by atoms with Crippen LogP contribution in [0.3, 0.4) is 0 Å². The van der Waals surface area contributed by atoms with E-state index in [0.717, 1.165) is 0 Å². The Bertz CT molecular complexity index is 1150. The summed E-state index contributed by atoms with van der Waals surface area (Å²) in [7, 11) is 0. The number of pyridine rings is 1. The average Bonchev–Trinajstić information content (AvgIpc) is 2.91. The number of ether oxygens (including phenoxy) is 1. The van der Waals surface area contributed by atoms with Gasteiger partial charge in [0, 0.05) is 16.5 Å². The highest BCUT2D eigenvalue weighted by molar-refractivity contribution is 6.39. The molecule has 134 valence electrons. The van der Waals surface area contributed by atoms with Crippen molar-refractivity contribution in [3.05, 3.63) is 70.9 Å². The number of ketones is 1. The van der Waals surface area contributed by atoms with E-state index in [2.05, 4.69) is 4.98 Å². The van der Waals surface area contributed by atoms with Crippen LogP contribution in [0.15, 0.2) is 48.5 Å². The lowest BCUT2D eigenvalue weighted by Crippen LogP contribution is -2.06. The summed E-state index contributed by atoms with van der Waals surface area (Å²) in [5.41, 5.74) is 1.19. The SMILES string of the molecule is CCOC(=O)c1ccc2c(c1)C(O)=C(c1nc3ccccc3cc1O)C2=O. The molecule has 0 atom stereocenters. The van der Waals surface area contributed by atoms with Crippen molar-refractivity contribution in [2.75, 3.05) is 6.61 Å². The molecule has 0 radical (unpaired) electrons. The van der Waals surface area contributed by atoms with Crippen LogP contribution >= 0.6 is 0 Å². The maximum absolute atomic E-state index is 12.8. The van der Waals surface area contributed by atoms with Crippen LogP contribution in [-0.2, 0) is 4.74 Å². The minimum Gasteiger partial charge on any atom is -0.506 e. The van der Waals surface area contributed by atoms with Gasteiger partial charge in [0.15, 0.2) is 5.78 Å². The monoisotopic (exact) mass is 361 g/mol. The maximum Gasteiger partial charge on any atom is 0.338 e. The highest BCUT2D eigenvalue weighted by Gasteiger charge is 2.34. The van der Waals surface area contributed by atoms with Crippen LogP contribution in [0.5, 0.6) is 5.75 Å². The van der Waals surface area contributed by atoms with Crippen molar-refractivity contribution in [1.29, 1.82) is 0 Å². The highest BCUT2D eigenvalue weighted by Crippen LogP contribution is 2.40. The zero-order valence-electron chi connectivity index (χ0n) is 14.4. The normalized spacial score (nSPS) is 13.1. The zero-order valence-corrected chi connectivity index (χ0v) is 14.4. The molecule has 0 bridgehead atoms. The van der Waals surface area contributed by atoms with Crippen LogP contribution in [0.25, 0.3) is 22.2 Å². The molecular formula is C21H15NO5. The van der Waals surface area contributed by atoms with Crippen molar-refractivity contribution in [2.24, 2.45) is 0 Å². The molecule has 6 nitrogen and oxygen atoms in total. The molecule has 0 spiro atoms. The molecule has 0 amide bonds. The minimum atomic E-state index is -0.541. The summed E-state index contributed by atoms with van der Waals surface area (Å²) in [6.45, 7) is 1.91. The largest absolute Gasteiger partial charge is 0.506 e. The van der Waals surface area contributed by atoms with E-state index in [9.17, 15) is 19.8 Å². The number of aromatic nitrogens is 1. The van der Waals surface area contributed by atoms with Gasteiger partial charge in [-0.15, -0.1) is 0 Å². The number of carbonyl (C=O) groups is 2. The number of fused-ring (bicyclic) bond motifs is 2. The van der Waals surface area contributed by atoms with E-state index in [1.807, 2.05) is 6.07 Å². The van der Waals surface area contributed by atoms with Crippen molar-refractivity contribution in [1.82, 2.24) is 4.98 Å². The van der Waals surface area contributed by atoms with Crippen molar-refractivity contribution in [3.63, 3.8) is 0 Å². The molecule has 27 heavy (non-hydrogen) atoms. The zero-order chi connectivity index (χ0) is 19.1. The Morgan fingerprint density at radius 1 is 1.07 bits per heavy atom. The molecule has 3 aromatic rings. The second kappa shape index (κ2) is 6.25.